The third-order valence-electron chi connectivity index (χ3n) is 4.45. The highest BCUT2D eigenvalue weighted by Crippen LogP contribution is 2.47. The minimum atomic E-state index is -0.595. The van der Waals surface area contributed by atoms with Crippen molar-refractivity contribution in [2.45, 2.75) is 56.7 Å². The van der Waals surface area contributed by atoms with Crippen molar-refractivity contribution in [2.75, 3.05) is 20.3 Å². The molecule has 1 aliphatic heterocycles. The highest BCUT2D eigenvalue weighted by molar-refractivity contribution is 4.98. The molecule has 1 saturated heterocycles. The largest absolute Gasteiger partial charge is 0.390 e. The van der Waals surface area contributed by atoms with Gasteiger partial charge in [0.1, 0.15) is 0 Å². The van der Waals surface area contributed by atoms with E-state index in [9.17, 15) is 5.11 Å². The Hall–Kier alpha value is -0.120. The number of ether oxygens (including phenoxy) is 2. The third kappa shape index (κ3) is 2.41. The van der Waals surface area contributed by atoms with Gasteiger partial charge in [0.25, 0.3) is 0 Å². The first-order valence-corrected chi connectivity index (χ1v) is 6.43. The SMILES string of the molecule is COCCC(C)(O)C1CCOC2(CCC2)C1. The topological polar surface area (TPSA) is 38.7 Å². The zero-order valence-electron chi connectivity index (χ0n) is 10.5. The summed E-state index contributed by atoms with van der Waals surface area (Å²) in [6.45, 7) is 3.40. The molecule has 0 amide bonds. The molecule has 94 valence electrons. The van der Waals surface area contributed by atoms with Crippen LogP contribution in [0.4, 0.5) is 0 Å². The van der Waals surface area contributed by atoms with Crippen LogP contribution in [0.15, 0.2) is 0 Å². The molecule has 0 aromatic rings. The predicted octanol–water partition coefficient (Wildman–Crippen LogP) is 2.12. The Balaban J connectivity index is 1.92. The summed E-state index contributed by atoms with van der Waals surface area (Å²) < 4.78 is 11.0. The molecule has 3 heteroatoms. The molecule has 1 heterocycles. The molecule has 2 atom stereocenters. The molecule has 2 rings (SSSR count). The van der Waals surface area contributed by atoms with Crippen molar-refractivity contribution in [1.29, 1.82) is 0 Å². The van der Waals surface area contributed by atoms with E-state index in [4.69, 9.17) is 9.47 Å². The highest BCUT2D eigenvalue weighted by Gasteiger charge is 2.46. The summed E-state index contributed by atoms with van der Waals surface area (Å²) in [5, 5.41) is 10.5. The summed E-state index contributed by atoms with van der Waals surface area (Å²) in [5.74, 6) is 0.372. The standard InChI is InChI=1S/C13H24O3/c1-12(14,7-9-15-2)11-4-8-16-13(10-11)5-3-6-13/h11,14H,3-10H2,1-2H3. The van der Waals surface area contributed by atoms with Gasteiger partial charge in [0, 0.05) is 20.3 Å². The van der Waals surface area contributed by atoms with Crippen molar-refractivity contribution in [3.05, 3.63) is 0 Å². The average molecular weight is 228 g/mol. The Kier molecular flexibility index (Phi) is 3.57. The minimum absolute atomic E-state index is 0.125. The molecular weight excluding hydrogens is 204 g/mol. The lowest BCUT2D eigenvalue weighted by atomic mass is 9.67. The summed E-state index contributed by atoms with van der Waals surface area (Å²) in [6.07, 6.45) is 6.40. The van der Waals surface area contributed by atoms with E-state index in [-0.39, 0.29) is 5.60 Å². The molecule has 0 aromatic carbocycles. The Labute approximate surface area is 98.1 Å². The Bertz CT molecular complexity index is 233. The Morgan fingerprint density at radius 2 is 2.25 bits per heavy atom. The predicted molar refractivity (Wildman–Crippen MR) is 62.4 cm³/mol. The molecule has 1 aliphatic carbocycles. The van der Waals surface area contributed by atoms with Crippen LogP contribution in [0.1, 0.15) is 45.4 Å². The molecule has 2 unspecified atom stereocenters. The normalized spacial score (nSPS) is 32.1. The van der Waals surface area contributed by atoms with Gasteiger partial charge in [0.15, 0.2) is 0 Å². The van der Waals surface area contributed by atoms with E-state index in [1.165, 1.54) is 19.3 Å². The van der Waals surface area contributed by atoms with Crippen LogP contribution in [0, 0.1) is 5.92 Å². The lowest BCUT2D eigenvalue weighted by Crippen LogP contribution is -2.51. The second kappa shape index (κ2) is 4.63. The van der Waals surface area contributed by atoms with Crippen molar-refractivity contribution in [2.24, 2.45) is 5.92 Å². The molecule has 0 aromatic heterocycles. The van der Waals surface area contributed by atoms with Gasteiger partial charge in [-0.25, -0.2) is 0 Å². The monoisotopic (exact) mass is 228 g/mol. The van der Waals surface area contributed by atoms with Gasteiger partial charge in [-0.1, -0.05) is 0 Å². The zero-order valence-corrected chi connectivity index (χ0v) is 10.5. The van der Waals surface area contributed by atoms with E-state index in [1.807, 2.05) is 6.92 Å². The van der Waals surface area contributed by atoms with Gasteiger partial charge in [0.2, 0.25) is 0 Å². The Morgan fingerprint density at radius 1 is 1.50 bits per heavy atom. The number of hydrogen-bond acceptors (Lipinski definition) is 3. The first kappa shape index (κ1) is 12.3. The maximum absolute atomic E-state index is 10.5. The summed E-state index contributed by atoms with van der Waals surface area (Å²) in [7, 11) is 1.69. The van der Waals surface area contributed by atoms with Gasteiger partial charge in [-0.15, -0.1) is 0 Å². The molecule has 3 nitrogen and oxygen atoms in total. The van der Waals surface area contributed by atoms with Crippen molar-refractivity contribution in [1.82, 2.24) is 0 Å². The lowest BCUT2D eigenvalue weighted by Gasteiger charge is -2.50. The number of rotatable bonds is 4. The molecule has 1 spiro atoms. The summed E-state index contributed by atoms with van der Waals surface area (Å²) in [5.41, 5.74) is -0.470. The van der Waals surface area contributed by atoms with E-state index < -0.39 is 5.60 Å². The minimum Gasteiger partial charge on any atom is -0.390 e. The van der Waals surface area contributed by atoms with Crippen molar-refractivity contribution in [3.8, 4) is 0 Å². The van der Waals surface area contributed by atoms with Gasteiger partial charge >= 0.3 is 0 Å². The van der Waals surface area contributed by atoms with Crippen LogP contribution in [-0.2, 0) is 9.47 Å². The maximum atomic E-state index is 10.5. The molecule has 2 aliphatic rings. The van der Waals surface area contributed by atoms with Crippen molar-refractivity contribution < 1.29 is 14.6 Å². The summed E-state index contributed by atoms with van der Waals surface area (Å²) >= 11 is 0. The second-order valence-electron chi connectivity index (χ2n) is 5.67. The number of aliphatic hydroxyl groups is 1. The fourth-order valence-electron chi connectivity index (χ4n) is 2.99. The molecule has 16 heavy (non-hydrogen) atoms. The van der Waals surface area contributed by atoms with Gasteiger partial charge < -0.3 is 14.6 Å². The van der Waals surface area contributed by atoms with Gasteiger partial charge in [0.05, 0.1) is 11.2 Å². The maximum Gasteiger partial charge on any atom is 0.0686 e. The fourth-order valence-corrected chi connectivity index (χ4v) is 2.99. The van der Waals surface area contributed by atoms with E-state index in [0.717, 1.165) is 25.9 Å². The Morgan fingerprint density at radius 3 is 2.81 bits per heavy atom. The zero-order chi connectivity index (χ0) is 11.6. The molecule has 0 bridgehead atoms. The van der Waals surface area contributed by atoms with Crippen LogP contribution in [0.5, 0.6) is 0 Å². The van der Waals surface area contributed by atoms with Crippen LogP contribution < -0.4 is 0 Å². The third-order valence-corrected chi connectivity index (χ3v) is 4.45. The van der Waals surface area contributed by atoms with Crippen LogP contribution in [0.2, 0.25) is 0 Å². The number of hydrogen-bond donors (Lipinski definition) is 1. The van der Waals surface area contributed by atoms with Crippen LogP contribution in [0.3, 0.4) is 0 Å². The first-order chi connectivity index (χ1) is 7.58. The van der Waals surface area contributed by atoms with E-state index in [2.05, 4.69) is 0 Å². The number of methoxy groups -OCH3 is 1. The van der Waals surface area contributed by atoms with Crippen molar-refractivity contribution >= 4 is 0 Å². The smallest absolute Gasteiger partial charge is 0.0686 e. The van der Waals surface area contributed by atoms with E-state index in [1.54, 1.807) is 7.11 Å². The van der Waals surface area contributed by atoms with Gasteiger partial charge in [-0.3, -0.25) is 0 Å². The van der Waals surface area contributed by atoms with Crippen LogP contribution in [0.25, 0.3) is 0 Å². The molecule has 0 radical (unpaired) electrons. The summed E-state index contributed by atoms with van der Waals surface area (Å²) in [6, 6.07) is 0. The molecule has 1 N–H and O–H groups in total. The van der Waals surface area contributed by atoms with E-state index in [0.29, 0.717) is 12.5 Å². The van der Waals surface area contributed by atoms with Gasteiger partial charge in [-0.2, -0.15) is 0 Å². The quantitative estimate of drug-likeness (QED) is 0.801. The molecule has 1 saturated carbocycles. The molecular formula is C13H24O3. The van der Waals surface area contributed by atoms with Crippen LogP contribution >= 0.6 is 0 Å². The first-order valence-electron chi connectivity index (χ1n) is 6.43. The fraction of sp³-hybridized carbons (Fsp3) is 1.00. The lowest BCUT2D eigenvalue weighted by molar-refractivity contribution is -0.174. The van der Waals surface area contributed by atoms with Gasteiger partial charge in [-0.05, 0) is 51.4 Å². The average Bonchev–Trinajstić information content (AvgIpc) is 2.24. The molecule has 2 fully saturated rings. The second-order valence-corrected chi connectivity index (χ2v) is 5.67. The van der Waals surface area contributed by atoms with E-state index >= 15 is 0 Å². The van der Waals surface area contributed by atoms with Crippen molar-refractivity contribution in [3.63, 3.8) is 0 Å². The van der Waals surface area contributed by atoms with Crippen LogP contribution in [-0.4, -0.2) is 36.6 Å². The summed E-state index contributed by atoms with van der Waals surface area (Å²) in [4.78, 5) is 0. The highest BCUT2D eigenvalue weighted by atomic mass is 16.5.